The third-order valence-electron chi connectivity index (χ3n) is 13.2. The van der Waals surface area contributed by atoms with Gasteiger partial charge in [-0.15, -0.1) is 0 Å². The Bertz CT molecular complexity index is 3210. The maximum absolute atomic E-state index is 2.52. The Balaban J connectivity index is 0.839. The van der Waals surface area contributed by atoms with Crippen LogP contribution in [0.5, 0.6) is 0 Å². The highest BCUT2D eigenvalue weighted by molar-refractivity contribution is 7.03. The number of nitrogens with zero attached hydrogens (tertiary/aromatic N) is 2. The fourth-order valence-corrected chi connectivity index (χ4v) is 13.6. The summed E-state index contributed by atoms with van der Waals surface area (Å²) in [4.78, 5) is 0. The van der Waals surface area contributed by atoms with E-state index in [1.54, 1.807) is 0 Å². The van der Waals surface area contributed by atoms with Gasteiger partial charge in [-0.3, -0.25) is 0 Å². The molecule has 12 aromatic rings. The summed E-state index contributed by atoms with van der Waals surface area (Å²) in [5, 5.41) is 13.6. The maximum atomic E-state index is 2.52. The Morgan fingerprint density at radius 1 is 0.316 bits per heavy atom. The van der Waals surface area contributed by atoms with E-state index in [0.29, 0.717) is 0 Å². The summed E-state index contributed by atoms with van der Waals surface area (Å²) in [5.74, 6) is 0. The van der Waals surface area contributed by atoms with E-state index in [1.807, 2.05) is 0 Å². The highest BCUT2D eigenvalue weighted by Crippen LogP contribution is 2.41. The fourth-order valence-electron chi connectivity index (χ4n) is 10.5. The Labute approximate surface area is 331 Å². The van der Waals surface area contributed by atoms with Crippen LogP contribution in [0, 0.1) is 0 Å². The van der Waals surface area contributed by atoms with Crippen LogP contribution in [-0.4, -0.2) is 17.2 Å². The monoisotopic (exact) mass is 740 g/mol. The molecule has 1 aliphatic rings. The van der Waals surface area contributed by atoms with Crippen molar-refractivity contribution in [2.75, 3.05) is 0 Å². The summed E-state index contributed by atoms with van der Waals surface area (Å²) >= 11 is 0. The van der Waals surface area contributed by atoms with Gasteiger partial charge >= 0.3 is 0 Å². The van der Waals surface area contributed by atoms with Gasteiger partial charge < -0.3 is 9.13 Å². The third kappa shape index (κ3) is 4.19. The number of fused-ring (bicyclic) bond motifs is 3. The molecule has 0 aliphatic carbocycles. The van der Waals surface area contributed by atoms with E-state index < -0.39 is 8.07 Å². The molecule has 0 atom stereocenters. The van der Waals surface area contributed by atoms with E-state index in [2.05, 4.69) is 204 Å². The average Bonchev–Trinajstić information content (AvgIpc) is 3.87. The highest BCUT2D eigenvalue weighted by atomic mass is 28.3. The summed E-state index contributed by atoms with van der Waals surface area (Å²) < 4.78 is 4.86. The predicted molar refractivity (Wildman–Crippen MR) is 246 cm³/mol. The number of hydrogen-bond acceptors (Lipinski definition) is 0. The van der Waals surface area contributed by atoms with Crippen LogP contribution in [0.1, 0.15) is 0 Å². The van der Waals surface area contributed by atoms with Gasteiger partial charge in [0.1, 0.15) is 8.07 Å². The molecule has 266 valence electrons. The highest BCUT2D eigenvalue weighted by Gasteiger charge is 2.38. The van der Waals surface area contributed by atoms with Crippen LogP contribution < -0.4 is 10.4 Å². The second-order valence-corrected chi connectivity index (χ2v) is 20.9. The first-order chi connectivity index (χ1) is 28.0. The minimum absolute atomic E-state index is 1.19. The van der Waals surface area contributed by atoms with Crippen LogP contribution in [-0.2, 0) is 0 Å². The first-order valence-electron chi connectivity index (χ1n) is 20.0. The van der Waals surface area contributed by atoms with Gasteiger partial charge in [0.2, 0.25) is 0 Å². The number of benzene rings is 10. The van der Waals surface area contributed by atoms with Crippen LogP contribution in [0.2, 0.25) is 13.1 Å². The topological polar surface area (TPSA) is 9.86 Å². The molecule has 0 bridgehead atoms. The number of aromatic nitrogens is 2. The molecule has 1 aliphatic heterocycles. The Kier molecular flexibility index (Phi) is 6.09. The molecule has 3 heterocycles. The van der Waals surface area contributed by atoms with Crippen molar-refractivity contribution in [3.05, 3.63) is 182 Å². The van der Waals surface area contributed by atoms with Crippen molar-refractivity contribution in [1.82, 2.24) is 9.13 Å². The third-order valence-corrected chi connectivity index (χ3v) is 16.8. The van der Waals surface area contributed by atoms with Crippen molar-refractivity contribution >= 4 is 83.6 Å². The zero-order chi connectivity index (χ0) is 37.6. The molecule has 10 aromatic carbocycles. The van der Waals surface area contributed by atoms with Gasteiger partial charge in [-0.25, -0.2) is 0 Å². The van der Waals surface area contributed by atoms with E-state index >= 15 is 0 Å². The summed E-state index contributed by atoms with van der Waals surface area (Å²) in [5.41, 5.74) is 15.3. The predicted octanol–water partition coefficient (Wildman–Crippen LogP) is 13.2. The zero-order valence-electron chi connectivity index (χ0n) is 31.7. The van der Waals surface area contributed by atoms with Crippen molar-refractivity contribution in [3.63, 3.8) is 0 Å². The largest absolute Gasteiger partial charge is 0.309 e. The molecule has 57 heavy (non-hydrogen) atoms. The van der Waals surface area contributed by atoms with Crippen LogP contribution in [0.3, 0.4) is 0 Å². The molecule has 0 saturated heterocycles. The molecule has 0 unspecified atom stereocenters. The van der Waals surface area contributed by atoms with Crippen LogP contribution >= 0.6 is 0 Å². The van der Waals surface area contributed by atoms with Gasteiger partial charge in [-0.1, -0.05) is 147 Å². The van der Waals surface area contributed by atoms with Crippen molar-refractivity contribution in [2.45, 2.75) is 13.1 Å². The minimum Gasteiger partial charge on any atom is -0.309 e. The number of rotatable bonds is 4. The van der Waals surface area contributed by atoms with Crippen LogP contribution in [0.15, 0.2) is 182 Å². The molecule has 13 rings (SSSR count). The molecule has 0 fully saturated rings. The van der Waals surface area contributed by atoms with Gasteiger partial charge in [0.25, 0.3) is 0 Å². The normalized spacial score (nSPS) is 13.6. The van der Waals surface area contributed by atoms with E-state index in [-0.39, 0.29) is 0 Å². The summed E-state index contributed by atoms with van der Waals surface area (Å²) in [6.45, 7) is 5.05. The molecular formula is C54H36N2Si. The van der Waals surface area contributed by atoms with E-state index in [4.69, 9.17) is 0 Å². The molecule has 0 saturated carbocycles. The summed E-state index contributed by atoms with van der Waals surface area (Å²) in [6, 6.07) is 68.5. The van der Waals surface area contributed by atoms with Crippen molar-refractivity contribution < 1.29 is 0 Å². The van der Waals surface area contributed by atoms with Gasteiger partial charge in [-0.05, 0) is 114 Å². The lowest BCUT2D eigenvalue weighted by atomic mass is 9.98. The second kappa shape index (κ2) is 11.1. The Morgan fingerprint density at radius 2 is 0.632 bits per heavy atom. The Morgan fingerprint density at radius 3 is 0.965 bits per heavy atom. The van der Waals surface area contributed by atoms with E-state index in [1.165, 1.54) is 120 Å². The summed E-state index contributed by atoms with van der Waals surface area (Å²) in [6.07, 6.45) is 0. The van der Waals surface area contributed by atoms with Crippen LogP contribution in [0.4, 0.5) is 0 Å². The standard InChI is InChI=1S/C54H36N2Si/c1-57(2)49-31-39(33-19-25-41(26-20-33)55-45-11-3-7-35-15-16-36-8-4-12-46(55)52(36)51(35)45)23-29-43(49)44-30-24-40(32-50(44)57)34-21-27-42(28-22-34)56-47-13-5-9-37-17-18-38-10-6-14-48(56)54(38)53(37)47/h3-32H,1-2H3. The van der Waals surface area contributed by atoms with Crippen LogP contribution in [0.25, 0.3) is 110 Å². The van der Waals surface area contributed by atoms with E-state index in [9.17, 15) is 0 Å². The lowest BCUT2D eigenvalue weighted by Crippen LogP contribution is -2.49. The Hall–Kier alpha value is -6.94. The second-order valence-electron chi connectivity index (χ2n) is 16.5. The maximum Gasteiger partial charge on any atom is 0.113 e. The molecular weight excluding hydrogens is 705 g/mol. The van der Waals surface area contributed by atoms with Crippen molar-refractivity contribution in [1.29, 1.82) is 0 Å². The zero-order valence-corrected chi connectivity index (χ0v) is 32.7. The van der Waals surface area contributed by atoms with Gasteiger partial charge in [-0.2, -0.15) is 0 Å². The molecule has 0 radical (unpaired) electrons. The first-order valence-corrected chi connectivity index (χ1v) is 23.0. The average molecular weight is 741 g/mol. The molecule has 2 nitrogen and oxygen atoms in total. The van der Waals surface area contributed by atoms with E-state index in [0.717, 1.165) is 0 Å². The first kappa shape index (κ1) is 31.3. The summed E-state index contributed by atoms with van der Waals surface area (Å²) in [7, 11) is -1.97. The quantitative estimate of drug-likeness (QED) is 0.126. The molecule has 2 aromatic heterocycles. The lowest BCUT2D eigenvalue weighted by Gasteiger charge is -2.20. The molecule has 0 N–H and O–H groups in total. The van der Waals surface area contributed by atoms with Crippen molar-refractivity contribution in [3.8, 4) is 44.8 Å². The van der Waals surface area contributed by atoms with Gasteiger partial charge in [0, 0.05) is 32.9 Å². The minimum atomic E-state index is -1.97. The smallest absolute Gasteiger partial charge is 0.113 e. The molecule has 0 amide bonds. The SMILES string of the molecule is C[Si]1(C)c2cc(-c3ccc(-n4c5cccc6ccc7cccc4c7c65)cc3)ccc2-c2ccc(-c3ccc(-n4c5cccc6ccc7cccc4c7c65)cc3)cc21. The van der Waals surface area contributed by atoms with Gasteiger partial charge in [0.15, 0.2) is 0 Å². The molecule has 0 spiro atoms. The number of hydrogen-bond donors (Lipinski definition) is 0. The van der Waals surface area contributed by atoms with Gasteiger partial charge in [0.05, 0.1) is 22.1 Å². The van der Waals surface area contributed by atoms with Crippen molar-refractivity contribution in [2.24, 2.45) is 0 Å². The fraction of sp³-hybridized carbons (Fsp3) is 0.0370. The lowest BCUT2D eigenvalue weighted by molar-refractivity contribution is 1.18. The molecule has 3 heteroatoms.